The summed E-state index contributed by atoms with van der Waals surface area (Å²) in [7, 11) is 0. The second-order valence-electron chi connectivity index (χ2n) is 28.3. The van der Waals surface area contributed by atoms with Crippen molar-refractivity contribution < 1.29 is 96.8 Å². The first-order valence-electron chi connectivity index (χ1n) is 38.8. The minimum absolute atomic E-state index is 0.119. The van der Waals surface area contributed by atoms with Crippen molar-refractivity contribution in [2.75, 3.05) is 45.1 Å². The number of hydrogen-bond donors (Lipinski definition) is 24. The van der Waals surface area contributed by atoms with E-state index in [2.05, 4.69) is 104 Å². The number of thiol groups is 1. The molecule has 0 aliphatic carbocycles. The lowest BCUT2D eigenvalue weighted by Crippen LogP contribution is -2.63. The number of hydrogen-bond acceptors (Lipinski definition) is 25. The van der Waals surface area contributed by atoms with Crippen LogP contribution in [-0.2, 0) is 107 Å². The van der Waals surface area contributed by atoms with Crippen molar-refractivity contribution in [2.45, 2.75) is 176 Å². The van der Waals surface area contributed by atoms with E-state index in [0.717, 1.165) is 13.8 Å². The van der Waals surface area contributed by atoms with Crippen LogP contribution in [-0.4, -0.2) is 256 Å². The number of aliphatic hydroxyl groups is 3. The molecule has 0 aliphatic heterocycles. The first-order valence-corrected chi connectivity index (χ1v) is 39.9. The molecular formula is C79H108N20O20S2. The maximum Gasteiger partial charge on any atom is 0.261 e. The molecule has 0 bridgehead atoms. The van der Waals surface area contributed by atoms with Gasteiger partial charge in [0.15, 0.2) is 0 Å². The highest BCUT2D eigenvalue weighted by atomic mass is 32.1. The predicted octanol–water partition coefficient (Wildman–Crippen LogP) is -7.07. The molecule has 40 nitrogen and oxygen atoms in total. The number of benzene rings is 4. The predicted molar refractivity (Wildman–Crippen MR) is 447 cm³/mol. The molecule has 656 valence electrons. The van der Waals surface area contributed by atoms with Crippen LogP contribution in [0, 0.1) is 0 Å². The number of aliphatic hydroxyl groups excluding tert-OH is 3. The highest BCUT2D eigenvalue weighted by Crippen LogP contribution is 2.21. The van der Waals surface area contributed by atoms with E-state index in [1.165, 1.54) is 6.92 Å². The normalized spacial score (nSPS) is 14.5. The van der Waals surface area contributed by atoms with Crippen molar-refractivity contribution >= 4 is 142 Å². The number of rotatable bonds is 52. The van der Waals surface area contributed by atoms with E-state index in [1.807, 2.05) is 5.32 Å². The number of carbonyl (C=O) groups excluding carboxylic acids is 17. The number of aromatic amines is 1. The van der Waals surface area contributed by atoms with Crippen LogP contribution < -0.4 is 103 Å². The standard InChI is InChI=1S/C79H108N20O20S2/c1-43(87-63(105)38-85-62(104)36-82)68(108)86-39-64(106)88-60(41-120)77(117)90-52(27-15-17-29-80)69(109)94-58(35-61(83)103)74(114)92-54(31-46-19-7-4-8-20-46)71(111)91-55(32-47-21-9-5-10-22-47)72(112)93-57(34-49-37-84-51-26-14-13-25-50(49)51)73(113)89-53(28-16-18-30-81)70(110)98-66(44(2)101)78(118)95-56(33-48-23-11-6-12-24-48)75(115)99-67(45(3)102)79(119)96-59(40-100)76(116)97-65(107)42-121/h4-14,19-26,37,42-45,52-60,66-67,84,100-102,120H,15-18,27-36,38-41,80-82H2,1-3H3,(H2,83,103)(H,85,104)(H,86,108)(H,87,105)(H,88,106)(H,89,113)(H,90,117)(H,91,111)(H,92,114)(H,93,112)(H,94,109)(H,95,118)(H,96,119)(H,98,110)(H,99,115)(H,97,107,116)/t43-,44+,45+,52-,53-,54-,55-,56-,57-,58-,59-,60-,66-,67-/m0/s1. The van der Waals surface area contributed by atoms with Gasteiger partial charge in [-0.25, -0.2) is 0 Å². The van der Waals surface area contributed by atoms with Crippen molar-refractivity contribution in [3.05, 3.63) is 144 Å². The van der Waals surface area contributed by atoms with E-state index < -0.39 is 211 Å². The second-order valence-corrected chi connectivity index (χ2v) is 28.9. The number of fused-ring (bicyclic) bond motifs is 1. The smallest absolute Gasteiger partial charge is 0.261 e. The Bertz CT molecular complexity index is 4380. The lowest BCUT2D eigenvalue weighted by molar-refractivity contribution is -0.138. The van der Waals surface area contributed by atoms with Gasteiger partial charge in [0.05, 0.1) is 50.2 Å². The number of aromatic nitrogens is 1. The Morgan fingerprint density at radius 2 is 0.802 bits per heavy atom. The molecule has 17 amide bonds. The van der Waals surface area contributed by atoms with Crippen molar-refractivity contribution in [3.8, 4) is 0 Å². The highest BCUT2D eigenvalue weighted by Gasteiger charge is 2.39. The summed E-state index contributed by atoms with van der Waals surface area (Å²) in [5, 5.41) is 69.5. The fourth-order valence-corrected chi connectivity index (χ4v) is 12.4. The number of unbranched alkanes of at least 4 members (excludes halogenated alkanes) is 2. The number of nitrogens with two attached hydrogens (primary N) is 4. The van der Waals surface area contributed by atoms with Crippen LogP contribution in [0.4, 0.5) is 0 Å². The number of primary amides is 1. The molecule has 0 saturated carbocycles. The molecule has 1 heterocycles. The minimum atomic E-state index is -1.91. The molecule has 0 radical (unpaired) electrons. The van der Waals surface area contributed by atoms with Gasteiger partial charge in [0, 0.05) is 48.5 Å². The van der Waals surface area contributed by atoms with E-state index in [0.29, 0.717) is 51.4 Å². The molecule has 4 aromatic carbocycles. The van der Waals surface area contributed by atoms with Gasteiger partial charge < -0.3 is 118 Å². The summed E-state index contributed by atoms with van der Waals surface area (Å²) < 4.78 is 0. The van der Waals surface area contributed by atoms with E-state index in [9.17, 15) is 82.4 Å². The lowest BCUT2D eigenvalue weighted by Gasteiger charge is -2.29. The molecule has 0 aliphatic rings. The zero-order chi connectivity index (χ0) is 89.3. The summed E-state index contributed by atoms with van der Waals surface area (Å²) in [6.07, 6.45) is -3.22. The van der Waals surface area contributed by atoms with E-state index in [-0.39, 0.29) is 76.8 Å². The lowest BCUT2D eigenvalue weighted by atomic mass is 10.00. The first-order chi connectivity index (χ1) is 57.7. The van der Waals surface area contributed by atoms with Crippen molar-refractivity contribution in [3.63, 3.8) is 0 Å². The fraction of sp³-hybridized carbons (Fsp3) is 0.443. The molecule has 5 rings (SSSR count). The molecule has 27 N–H and O–H groups in total. The third kappa shape index (κ3) is 34.2. The Kier molecular flexibility index (Phi) is 42.7. The first kappa shape index (κ1) is 99.4. The molecule has 0 unspecified atom stereocenters. The molecule has 0 spiro atoms. The second kappa shape index (κ2) is 52.0. The summed E-state index contributed by atoms with van der Waals surface area (Å²) in [4.78, 5) is 236. The van der Waals surface area contributed by atoms with Crippen LogP contribution >= 0.6 is 24.8 Å². The average molecular weight is 1720 g/mol. The number of para-hydroxylation sites is 1. The molecule has 42 heteroatoms. The van der Waals surface area contributed by atoms with Gasteiger partial charge in [-0.3, -0.25) is 86.8 Å². The molecule has 1 aromatic heterocycles. The van der Waals surface area contributed by atoms with Gasteiger partial charge in [0.1, 0.15) is 72.5 Å². The van der Waals surface area contributed by atoms with Crippen LogP contribution in [0.25, 0.3) is 10.9 Å². The van der Waals surface area contributed by atoms with Crippen molar-refractivity contribution in [2.24, 2.45) is 22.9 Å². The molecule has 5 aromatic rings. The maximum atomic E-state index is 15.4. The third-order valence-corrected chi connectivity index (χ3v) is 19.2. The van der Waals surface area contributed by atoms with E-state index >= 15 is 14.4 Å². The van der Waals surface area contributed by atoms with E-state index in [4.69, 9.17) is 22.9 Å². The van der Waals surface area contributed by atoms with Crippen molar-refractivity contribution in [1.82, 2.24) is 84.7 Å². The highest BCUT2D eigenvalue weighted by molar-refractivity contribution is 7.80. The summed E-state index contributed by atoms with van der Waals surface area (Å²) in [5.74, 6) is -17.5. The van der Waals surface area contributed by atoms with Gasteiger partial charge in [-0.05, 0) is 101 Å². The summed E-state index contributed by atoms with van der Waals surface area (Å²) in [6, 6.07) is 11.8. The van der Waals surface area contributed by atoms with Gasteiger partial charge in [0.2, 0.25) is 88.6 Å². The number of imide groups is 1. The Hall–Kier alpha value is -12.2. The minimum Gasteiger partial charge on any atom is -0.394 e. The monoisotopic (exact) mass is 1720 g/mol. The Morgan fingerprint density at radius 1 is 0.421 bits per heavy atom. The van der Waals surface area contributed by atoms with Gasteiger partial charge >= 0.3 is 0 Å². The molecule has 14 atom stereocenters. The van der Waals surface area contributed by atoms with Gasteiger partial charge in [-0.2, -0.15) is 12.6 Å². The number of thiocarbonyl (C=S) groups is 1. The van der Waals surface area contributed by atoms with E-state index in [1.54, 1.807) is 121 Å². The number of H-pyrrole nitrogens is 1. The maximum absolute atomic E-state index is 15.4. The molecular weight excluding hydrogens is 1610 g/mol. The van der Waals surface area contributed by atoms with Crippen LogP contribution in [0.1, 0.15) is 88.0 Å². The van der Waals surface area contributed by atoms with Crippen LogP contribution in [0.2, 0.25) is 0 Å². The zero-order valence-corrected chi connectivity index (χ0v) is 68.6. The summed E-state index contributed by atoms with van der Waals surface area (Å²) in [5.41, 5.74) is 25.1. The third-order valence-electron chi connectivity index (χ3n) is 18.6. The largest absolute Gasteiger partial charge is 0.394 e. The Labute approximate surface area is 707 Å². The molecule has 0 fully saturated rings. The van der Waals surface area contributed by atoms with Gasteiger partial charge in [-0.15, -0.1) is 0 Å². The molecule has 0 saturated heterocycles. The van der Waals surface area contributed by atoms with Crippen LogP contribution in [0.5, 0.6) is 0 Å². The number of amides is 17. The zero-order valence-electron chi connectivity index (χ0n) is 66.9. The molecule has 121 heavy (non-hydrogen) atoms. The van der Waals surface area contributed by atoms with Crippen LogP contribution in [0.3, 0.4) is 0 Å². The fourth-order valence-electron chi connectivity index (χ4n) is 12.1. The van der Waals surface area contributed by atoms with Gasteiger partial charge in [0.25, 0.3) is 11.8 Å². The topological polar surface area (TPSA) is 651 Å². The summed E-state index contributed by atoms with van der Waals surface area (Å²) >= 11 is 8.72. The number of nitrogens with one attached hydrogen (secondary N) is 16. The van der Waals surface area contributed by atoms with Gasteiger partial charge in [-0.1, -0.05) is 121 Å². The van der Waals surface area contributed by atoms with Crippen molar-refractivity contribution in [1.29, 1.82) is 0 Å². The Balaban J connectivity index is 1.44. The SMILES string of the molecule is C[C@H](NC(=O)CNC(=O)CN)C(=O)NCC(=O)N[C@@H](CS)C(=O)N[C@@H](CCCCN)C(=O)N[C@@H](CC(N)=O)C(=O)N[C@@H](Cc1ccccc1)C(=O)N[C@@H](Cc1ccccc1)C(=O)N[C@@H](Cc1c[nH]c2ccccc12)C(=O)N[C@@H](CCCCN)C(=O)N[C@H](C(=O)N[C@@H](Cc1ccccc1)C(=O)N[C@H](C(=O)N[C@@H](CO)C(=O)NC(=O)C=S)[C@@H](C)O)[C@@H](C)O. The van der Waals surface area contributed by atoms with Crippen LogP contribution in [0.15, 0.2) is 121 Å². The quantitative estimate of drug-likeness (QED) is 0.00977. The Morgan fingerprint density at radius 3 is 1.24 bits per heavy atom. The average Bonchev–Trinajstić information content (AvgIpc) is 1.71. The number of carbonyl (C=O) groups is 17. The summed E-state index contributed by atoms with van der Waals surface area (Å²) in [6.45, 7) is 1.20.